The van der Waals surface area contributed by atoms with Crippen molar-refractivity contribution in [1.29, 1.82) is 0 Å². The molecule has 0 fully saturated rings. The monoisotopic (exact) mass is 232 g/mol. The summed E-state index contributed by atoms with van der Waals surface area (Å²) in [5.41, 5.74) is 12.7. The molecule has 0 aliphatic heterocycles. The first-order valence-electron chi connectivity index (χ1n) is 4.89. The summed E-state index contributed by atoms with van der Waals surface area (Å²) >= 11 is 0. The smallest absolute Gasteiger partial charge is 0.182 e. The second kappa shape index (κ2) is 11.8. The molecule has 0 aromatic carbocycles. The standard InChI is InChI=1S/C6H13NO.C5H11NO.CH4/c1-4-8-6(7)5(2)3;1-4(2)5(6)7-3;/h4,7H2,1-3H3;6H2,1-3H3;1H4. The summed E-state index contributed by atoms with van der Waals surface area (Å²) in [7, 11) is 1.56. The van der Waals surface area contributed by atoms with Gasteiger partial charge in [-0.1, -0.05) is 7.43 Å². The number of hydrogen-bond acceptors (Lipinski definition) is 4. The van der Waals surface area contributed by atoms with Gasteiger partial charge in [0.25, 0.3) is 0 Å². The molecule has 0 amide bonds. The van der Waals surface area contributed by atoms with Crippen molar-refractivity contribution in [3.8, 4) is 0 Å². The van der Waals surface area contributed by atoms with Gasteiger partial charge in [0.05, 0.1) is 13.7 Å². The maximum atomic E-state index is 5.38. The Balaban J connectivity index is -0.000000200. The maximum absolute atomic E-state index is 5.38. The van der Waals surface area contributed by atoms with Crippen molar-refractivity contribution >= 4 is 0 Å². The second-order valence-corrected chi connectivity index (χ2v) is 3.37. The van der Waals surface area contributed by atoms with Crippen molar-refractivity contribution in [3.63, 3.8) is 0 Å². The molecule has 0 aromatic heterocycles. The zero-order valence-corrected chi connectivity index (χ0v) is 10.7. The summed E-state index contributed by atoms with van der Waals surface area (Å²) in [6.07, 6.45) is 0. The first kappa shape index (κ1) is 20.1. The number of allylic oxidation sites excluding steroid dienone is 2. The van der Waals surface area contributed by atoms with Gasteiger partial charge in [-0.2, -0.15) is 0 Å². The van der Waals surface area contributed by atoms with Crippen LogP contribution in [0, 0.1) is 0 Å². The number of hydrogen-bond donors (Lipinski definition) is 2. The first-order chi connectivity index (χ1) is 6.86. The van der Waals surface area contributed by atoms with Crippen LogP contribution in [0.4, 0.5) is 0 Å². The molecular weight excluding hydrogens is 204 g/mol. The predicted molar refractivity (Wildman–Crippen MR) is 70.5 cm³/mol. The molecule has 4 nitrogen and oxygen atoms in total. The fraction of sp³-hybridized carbons (Fsp3) is 0.667. The molecule has 0 heterocycles. The van der Waals surface area contributed by atoms with Gasteiger partial charge in [0.2, 0.25) is 0 Å². The lowest BCUT2D eigenvalue weighted by atomic mass is 10.4. The van der Waals surface area contributed by atoms with Crippen molar-refractivity contribution in [2.45, 2.75) is 42.0 Å². The van der Waals surface area contributed by atoms with Gasteiger partial charge >= 0.3 is 0 Å². The molecule has 0 saturated heterocycles. The molecule has 0 spiro atoms. The van der Waals surface area contributed by atoms with E-state index in [1.54, 1.807) is 7.11 Å². The molecule has 16 heavy (non-hydrogen) atoms. The molecule has 0 saturated carbocycles. The molecule has 0 aliphatic carbocycles. The van der Waals surface area contributed by atoms with Crippen LogP contribution >= 0.6 is 0 Å². The molecule has 0 aromatic rings. The van der Waals surface area contributed by atoms with E-state index in [0.29, 0.717) is 18.4 Å². The zero-order valence-electron chi connectivity index (χ0n) is 10.7. The van der Waals surface area contributed by atoms with E-state index < -0.39 is 0 Å². The molecule has 0 rings (SSSR count). The van der Waals surface area contributed by atoms with Crippen molar-refractivity contribution in [2.75, 3.05) is 13.7 Å². The van der Waals surface area contributed by atoms with E-state index in [-0.39, 0.29) is 7.43 Å². The number of methoxy groups -OCH3 is 1. The van der Waals surface area contributed by atoms with Gasteiger partial charge < -0.3 is 20.9 Å². The highest BCUT2D eigenvalue weighted by molar-refractivity contribution is 4.97. The van der Waals surface area contributed by atoms with E-state index in [0.717, 1.165) is 11.1 Å². The lowest BCUT2D eigenvalue weighted by Gasteiger charge is -2.02. The Morgan fingerprint density at radius 2 is 1.31 bits per heavy atom. The maximum Gasteiger partial charge on any atom is 0.182 e. The van der Waals surface area contributed by atoms with Gasteiger partial charge in [-0.15, -0.1) is 0 Å². The minimum absolute atomic E-state index is 0. The molecule has 0 atom stereocenters. The summed E-state index contributed by atoms with van der Waals surface area (Å²) in [6.45, 7) is 10.2. The molecule has 0 unspecified atom stereocenters. The van der Waals surface area contributed by atoms with Crippen LogP contribution in [0.2, 0.25) is 0 Å². The SMILES string of the molecule is C.CCOC(N)=C(C)C.COC(N)=C(C)C. The summed E-state index contributed by atoms with van der Waals surface area (Å²) in [4.78, 5) is 0. The Bertz CT molecular complexity index is 225. The topological polar surface area (TPSA) is 70.5 Å². The van der Waals surface area contributed by atoms with Crippen LogP contribution in [0.5, 0.6) is 0 Å². The minimum Gasteiger partial charge on any atom is -0.483 e. The van der Waals surface area contributed by atoms with Crippen LogP contribution in [-0.2, 0) is 9.47 Å². The fourth-order valence-electron chi connectivity index (χ4n) is 0.504. The Kier molecular flexibility index (Phi) is 14.8. The molecule has 0 radical (unpaired) electrons. The van der Waals surface area contributed by atoms with E-state index in [4.69, 9.17) is 16.2 Å². The molecule has 98 valence electrons. The second-order valence-electron chi connectivity index (χ2n) is 3.37. The Morgan fingerprint density at radius 3 is 1.38 bits per heavy atom. The Labute approximate surface area is 100 Å². The molecular formula is C12H28N2O2. The highest BCUT2D eigenvalue weighted by Crippen LogP contribution is 1.95. The van der Waals surface area contributed by atoms with Gasteiger partial charge in [0, 0.05) is 0 Å². The third-order valence-electron chi connectivity index (χ3n) is 1.51. The summed E-state index contributed by atoms with van der Waals surface area (Å²) in [5.74, 6) is 1.06. The molecule has 0 aliphatic rings. The van der Waals surface area contributed by atoms with Crippen LogP contribution in [0.15, 0.2) is 22.9 Å². The van der Waals surface area contributed by atoms with Crippen LogP contribution < -0.4 is 11.5 Å². The van der Waals surface area contributed by atoms with E-state index in [1.165, 1.54) is 0 Å². The summed E-state index contributed by atoms with van der Waals surface area (Å²) in [5, 5.41) is 0. The van der Waals surface area contributed by atoms with Gasteiger partial charge in [0.15, 0.2) is 11.8 Å². The average molecular weight is 232 g/mol. The van der Waals surface area contributed by atoms with Crippen LogP contribution in [0.3, 0.4) is 0 Å². The van der Waals surface area contributed by atoms with Crippen LogP contribution in [0.1, 0.15) is 42.0 Å². The zero-order chi connectivity index (χ0) is 12.4. The van der Waals surface area contributed by atoms with Crippen molar-refractivity contribution in [1.82, 2.24) is 0 Å². The van der Waals surface area contributed by atoms with Crippen LogP contribution in [0.25, 0.3) is 0 Å². The van der Waals surface area contributed by atoms with Crippen molar-refractivity contribution in [3.05, 3.63) is 22.9 Å². The van der Waals surface area contributed by atoms with E-state index >= 15 is 0 Å². The quantitative estimate of drug-likeness (QED) is 0.734. The van der Waals surface area contributed by atoms with Gasteiger partial charge in [-0.25, -0.2) is 0 Å². The van der Waals surface area contributed by atoms with Crippen molar-refractivity contribution < 1.29 is 9.47 Å². The lowest BCUT2D eigenvalue weighted by molar-refractivity contribution is 0.222. The number of nitrogens with two attached hydrogens (primary N) is 2. The highest BCUT2D eigenvalue weighted by atomic mass is 16.5. The normalized spacial score (nSPS) is 7.62. The lowest BCUT2D eigenvalue weighted by Crippen LogP contribution is -2.03. The molecule has 4 N–H and O–H groups in total. The molecule has 0 bridgehead atoms. The van der Waals surface area contributed by atoms with Gasteiger partial charge in [0.1, 0.15) is 0 Å². The largest absolute Gasteiger partial charge is 0.483 e. The highest BCUT2D eigenvalue weighted by Gasteiger charge is 1.87. The van der Waals surface area contributed by atoms with Gasteiger partial charge in [-0.3, -0.25) is 0 Å². The third-order valence-corrected chi connectivity index (χ3v) is 1.51. The average Bonchev–Trinajstić information content (AvgIpc) is 2.17. The minimum atomic E-state index is 0. The van der Waals surface area contributed by atoms with Crippen molar-refractivity contribution in [2.24, 2.45) is 11.5 Å². The summed E-state index contributed by atoms with van der Waals surface area (Å²) in [6, 6.07) is 0. The number of rotatable bonds is 3. The Morgan fingerprint density at radius 1 is 0.938 bits per heavy atom. The van der Waals surface area contributed by atoms with E-state index in [2.05, 4.69) is 4.74 Å². The fourth-order valence-corrected chi connectivity index (χ4v) is 0.504. The number of ether oxygens (including phenoxy) is 2. The van der Waals surface area contributed by atoms with E-state index in [9.17, 15) is 0 Å². The summed E-state index contributed by atoms with van der Waals surface area (Å²) < 4.78 is 9.63. The van der Waals surface area contributed by atoms with E-state index in [1.807, 2.05) is 34.6 Å². The predicted octanol–water partition coefficient (Wildman–Crippen LogP) is 2.71. The third kappa shape index (κ3) is 12.7. The molecule has 4 heteroatoms. The van der Waals surface area contributed by atoms with Crippen LogP contribution in [-0.4, -0.2) is 13.7 Å². The van der Waals surface area contributed by atoms with Gasteiger partial charge in [-0.05, 0) is 45.8 Å². The first-order valence-corrected chi connectivity index (χ1v) is 4.89. The Hall–Kier alpha value is -1.32.